The highest BCUT2D eigenvalue weighted by Gasteiger charge is 2.06. The number of aliphatic hydroxyl groups is 1. The van der Waals surface area contributed by atoms with E-state index < -0.39 is 0 Å². The van der Waals surface area contributed by atoms with Gasteiger partial charge in [-0.15, -0.1) is 0 Å². The van der Waals surface area contributed by atoms with Crippen molar-refractivity contribution in [2.75, 3.05) is 13.2 Å². The molecule has 0 radical (unpaired) electrons. The van der Waals surface area contributed by atoms with Crippen LogP contribution in [0.5, 0.6) is 5.75 Å². The van der Waals surface area contributed by atoms with Crippen molar-refractivity contribution in [3.8, 4) is 11.8 Å². The van der Waals surface area contributed by atoms with Crippen LogP contribution in [0.2, 0.25) is 0 Å². The van der Waals surface area contributed by atoms with E-state index >= 15 is 0 Å². The van der Waals surface area contributed by atoms with Gasteiger partial charge in [-0.1, -0.05) is 0 Å². The molecule has 0 saturated carbocycles. The fraction of sp³-hybridized carbons (Fsp3) is 0.500. The summed E-state index contributed by atoms with van der Waals surface area (Å²) in [7, 11) is 0. The fourth-order valence-corrected chi connectivity index (χ4v) is 1.81. The molecule has 0 fully saturated rings. The number of benzene rings is 1. The first-order valence-electron chi connectivity index (χ1n) is 5.94. The first-order chi connectivity index (χ1) is 8.19. The van der Waals surface area contributed by atoms with Gasteiger partial charge in [0.05, 0.1) is 18.2 Å². The summed E-state index contributed by atoms with van der Waals surface area (Å²) in [6.07, 6.45) is 2.75. The predicted octanol–water partition coefficient (Wildman–Crippen LogP) is 2.72. The molecule has 0 saturated heterocycles. The Morgan fingerprint density at radius 1 is 1.18 bits per heavy atom. The molecule has 17 heavy (non-hydrogen) atoms. The molecule has 0 aliphatic heterocycles. The number of unbranched alkanes of at least 4 members (excludes halogenated alkanes) is 2. The second-order valence-corrected chi connectivity index (χ2v) is 4.18. The second-order valence-electron chi connectivity index (χ2n) is 4.18. The standard InChI is InChI=1S/C14H19NO2/c1-11-8-13(10-15)9-12(2)14(11)17-7-5-3-4-6-16/h8-9,16H,3-7H2,1-2H3. The Bertz CT molecular complexity index is 384. The van der Waals surface area contributed by atoms with Gasteiger partial charge in [-0.3, -0.25) is 0 Å². The van der Waals surface area contributed by atoms with Crippen molar-refractivity contribution in [3.63, 3.8) is 0 Å². The highest BCUT2D eigenvalue weighted by molar-refractivity contribution is 5.47. The Labute approximate surface area is 103 Å². The van der Waals surface area contributed by atoms with E-state index in [2.05, 4.69) is 6.07 Å². The number of rotatable bonds is 6. The molecule has 0 aliphatic carbocycles. The molecule has 1 N–H and O–H groups in total. The van der Waals surface area contributed by atoms with Crippen molar-refractivity contribution < 1.29 is 9.84 Å². The van der Waals surface area contributed by atoms with E-state index in [-0.39, 0.29) is 6.61 Å². The molecule has 0 atom stereocenters. The zero-order valence-corrected chi connectivity index (χ0v) is 10.5. The van der Waals surface area contributed by atoms with Gasteiger partial charge in [0.15, 0.2) is 0 Å². The van der Waals surface area contributed by atoms with Crippen LogP contribution >= 0.6 is 0 Å². The minimum atomic E-state index is 0.245. The van der Waals surface area contributed by atoms with Crippen LogP contribution in [-0.2, 0) is 0 Å². The van der Waals surface area contributed by atoms with E-state index in [1.807, 2.05) is 26.0 Å². The van der Waals surface area contributed by atoms with Crippen LogP contribution in [0.15, 0.2) is 12.1 Å². The van der Waals surface area contributed by atoms with Crippen molar-refractivity contribution in [2.45, 2.75) is 33.1 Å². The lowest BCUT2D eigenvalue weighted by Gasteiger charge is -2.12. The summed E-state index contributed by atoms with van der Waals surface area (Å²) in [6, 6.07) is 5.82. The van der Waals surface area contributed by atoms with Crippen LogP contribution in [0, 0.1) is 25.2 Å². The Morgan fingerprint density at radius 3 is 2.35 bits per heavy atom. The summed E-state index contributed by atoms with van der Waals surface area (Å²) >= 11 is 0. The third-order valence-electron chi connectivity index (χ3n) is 2.64. The largest absolute Gasteiger partial charge is 0.493 e. The predicted molar refractivity (Wildman–Crippen MR) is 67.1 cm³/mol. The third-order valence-corrected chi connectivity index (χ3v) is 2.64. The average Bonchev–Trinajstić information content (AvgIpc) is 2.31. The molecule has 0 amide bonds. The number of aryl methyl sites for hydroxylation is 2. The van der Waals surface area contributed by atoms with Crippen LogP contribution in [0.4, 0.5) is 0 Å². The molecule has 0 unspecified atom stereocenters. The Hall–Kier alpha value is -1.53. The highest BCUT2D eigenvalue weighted by atomic mass is 16.5. The van der Waals surface area contributed by atoms with E-state index in [4.69, 9.17) is 15.1 Å². The van der Waals surface area contributed by atoms with Crippen LogP contribution in [0.3, 0.4) is 0 Å². The molecule has 1 rings (SSSR count). The number of nitrogens with zero attached hydrogens (tertiary/aromatic N) is 1. The van der Waals surface area contributed by atoms with Gasteiger partial charge in [-0.25, -0.2) is 0 Å². The van der Waals surface area contributed by atoms with E-state index in [0.29, 0.717) is 12.2 Å². The molecule has 3 nitrogen and oxygen atoms in total. The average molecular weight is 233 g/mol. The quantitative estimate of drug-likeness (QED) is 0.769. The van der Waals surface area contributed by atoms with E-state index in [1.165, 1.54) is 0 Å². The maximum absolute atomic E-state index is 8.84. The van der Waals surface area contributed by atoms with Crippen LogP contribution in [0.25, 0.3) is 0 Å². The van der Waals surface area contributed by atoms with Crippen molar-refractivity contribution in [1.82, 2.24) is 0 Å². The van der Waals surface area contributed by atoms with E-state index in [9.17, 15) is 0 Å². The Balaban J connectivity index is 2.57. The normalized spacial score (nSPS) is 10.0. The summed E-state index contributed by atoms with van der Waals surface area (Å²) in [4.78, 5) is 0. The van der Waals surface area contributed by atoms with Crippen molar-refractivity contribution >= 4 is 0 Å². The van der Waals surface area contributed by atoms with E-state index in [1.54, 1.807) is 0 Å². The third kappa shape index (κ3) is 4.08. The van der Waals surface area contributed by atoms with Gasteiger partial charge in [0.25, 0.3) is 0 Å². The molecule has 3 heteroatoms. The molecule has 0 heterocycles. The lowest BCUT2D eigenvalue weighted by atomic mass is 10.1. The van der Waals surface area contributed by atoms with Crippen molar-refractivity contribution in [3.05, 3.63) is 28.8 Å². The maximum Gasteiger partial charge on any atom is 0.125 e. The Morgan fingerprint density at radius 2 is 1.82 bits per heavy atom. The zero-order chi connectivity index (χ0) is 12.7. The fourth-order valence-electron chi connectivity index (χ4n) is 1.81. The molecule has 0 spiro atoms. The molecule has 0 aliphatic rings. The molecule has 0 bridgehead atoms. The van der Waals surface area contributed by atoms with Gasteiger partial charge >= 0.3 is 0 Å². The molecular formula is C14H19NO2. The minimum Gasteiger partial charge on any atom is -0.493 e. The summed E-state index contributed by atoms with van der Waals surface area (Å²) in [5.41, 5.74) is 2.68. The number of hydrogen-bond acceptors (Lipinski definition) is 3. The van der Waals surface area contributed by atoms with Gasteiger partial charge in [0, 0.05) is 6.61 Å². The smallest absolute Gasteiger partial charge is 0.125 e. The molecule has 1 aromatic carbocycles. The lowest BCUT2D eigenvalue weighted by Crippen LogP contribution is -2.01. The summed E-state index contributed by atoms with van der Waals surface area (Å²) in [6.45, 7) is 4.82. The lowest BCUT2D eigenvalue weighted by molar-refractivity contribution is 0.265. The summed E-state index contributed by atoms with van der Waals surface area (Å²) < 4.78 is 5.72. The van der Waals surface area contributed by atoms with E-state index in [0.717, 1.165) is 36.1 Å². The van der Waals surface area contributed by atoms with Gasteiger partial charge in [-0.2, -0.15) is 5.26 Å². The highest BCUT2D eigenvalue weighted by Crippen LogP contribution is 2.24. The number of nitriles is 1. The van der Waals surface area contributed by atoms with Crippen LogP contribution in [0.1, 0.15) is 36.0 Å². The van der Waals surface area contributed by atoms with Crippen molar-refractivity contribution in [2.24, 2.45) is 0 Å². The van der Waals surface area contributed by atoms with Crippen LogP contribution < -0.4 is 4.74 Å². The monoisotopic (exact) mass is 233 g/mol. The Kier molecular flexibility index (Phi) is 5.51. The number of hydrogen-bond donors (Lipinski definition) is 1. The minimum absolute atomic E-state index is 0.245. The number of ether oxygens (including phenoxy) is 1. The topological polar surface area (TPSA) is 53.2 Å². The van der Waals surface area contributed by atoms with Gasteiger partial charge in [0.2, 0.25) is 0 Å². The molecule has 0 aromatic heterocycles. The number of aliphatic hydroxyl groups excluding tert-OH is 1. The molecule has 92 valence electrons. The van der Waals surface area contributed by atoms with Crippen molar-refractivity contribution in [1.29, 1.82) is 5.26 Å². The van der Waals surface area contributed by atoms with Gasteiger partial charge < -0.3 is 9.84 Å². The first kappa shape index (κ1) is 13.5. The van der Waals surface area contributed by atoms with Crippen LogP contribution in [-0.4, -0.2) is 18.3 Å². The van der Waals surface area contributed by atoms with Gasteiger partial charge in [0.1, 0.15) is 5.75 Å². The SMILES string of the molecule is Cc1cc(C#N)cc(C)c1OCCCCCO. The molecule has 1 aromatic rings. The second kappa shape index (κ2) is 6.93. The van der Waals surface area contributed by atoms with Gasteiger partial charge in [-0.05, 0) is 56.4 Å². The summed E-state index contributed by atoms with van der Waals surface area (Å²) in [5, 5.41) is 17.5. The molecular weight excluding hydrogens is 214 g/mol. The maximum atomic E-state index is 8.84. The summed E-state index contributed by atoms with van der Waals surface area (Å²) in [5.74, 6) is 0.882. The zero-order valence-electron chi connectivity index (χ0n) is 10.5. The first-order valence-corrected chi connectivity index (χ1v) is 5.94.